The van der Waals surface area contributed by atoms with Crippen LogP contribution in [0, 0.1) is 18.7 Å². The molecule has 1 heterocycles. The van der Waals surface area contributed by atoms with Crippen LogP contribution in [0.5, 0.6) is 0 Å². The van der Waals surface area contributed by atoms with Gasteiger partial charge in [0.05, 0.1) is 4.90 Å². The first-order valence-electron chi connectivity index (χ1n) is 10.5. The Morgan fingerprint density at radius 3 is 2.17 bits per heavy atom. The third kappa shape index (κ3) is 4.57. The molecule has 1 amide bonds. The van der Waals surface area contributed by atoms with Crippen molar-refractivity contribution in [3.8, 4) is 0 Å². The van der Waals surface area contributed by atoms with Gasteiger partial charge in [0, 0.05) is 31.6 Å². The topological polar surface area (TPSA) is 57.7 Å². The molecule has 0 atom stereocenters. The zero-order valence-electron chi connectivity index (χ0n) is 17.1. The van der Waals surface area contributed by atoms with E-state index in [1.165, 1.54) is 22.0 Å². The van der Waals surface area contributed by atoms with Gasteiger partial charge in [-0.15, -0.1) is 0 Å². The van der Waals surface area contributed by atoms with E-state index in [-0.39, 0.29) is 16.7 Å². The minimum Gasteiger partial charge on any atom is -0.335 e. The van der Waals surface area contributed by atoms with Gasteiger partial charge in [-0.25, -0.2) is 12.8 Å². The molecule has 30 heavy (non-hydrogen) atoms. The summed E-state index contributed by atoms with van der Waals surface area (Å²) in [5.41, 5.74) is 2.31. The highest BCUT2D eigenvalue weighted by atomic mass is 32.2. The van der Waals surface area contributed by atoms with E-state index in [4.69, 9.17) is 0 Å². The molecular formula is C23H27FN2O3S. The highest BCUT2D eigenvalue weighted by molar-refractivity contribution is 7.89. The van der Waals surface area contributed by atoms with Gasteiger partial charge in [-0.3, -0.25) is 4.79 Å². The highest BCUT2D eigenvalue weighted by Gasteiger charge is 2.38. The molecule has 1 saturated heterocycles. The molecule has 2 aromatic rings. The number of amides is 1. The van der Waals surface area contributed by atoms with Crippen molar-refractivity contribution in [3.63, 3.8) is 0 Å². The van der Waals surface area contributed by atoms with Crippen LogP contribution in [0.4, 0.5) is 4.39 Å². The van der Waals surface area contributed by atoms with E-state index >= 15 is 0 Å². The predicted molar refractivity (Wildman–Crippen MR) is 113 cm³/mol. The van der Waals surface area contributed by atoms with E-state index in [0.717, 1.165) is 30.5 Å². The first-order valence-corrected chi connectivity index (χ1v) is 11.9. The Hall–Kier alpha value is -2.25. The lowest BCUT2D eigenvalue weighted by Gasteiger charge is -2.34. The third-order valence-corrected chi connectivity index (χ3v) is 7.91. The monoisotopic (exact) mass is 430 g/mol. The number of rotatable bonds is 6. The highest BCUT2D eigenvalue weighted by Crippen LogP contribution is 2.32. The number of carbonyl (C=O) groups is 1. The van der Waals surface area contributed by atoms with Crippen molar-refractivity contribution < 1.29 is 17.6 Å². The number of carbonyl (C=O) groups excluding carboxylic acids is 1. The molecule has 7 heteroatoms. The lowest BCUT2D eigenvalue weighted by atomic mass is 9.96. The second-order valence-electron chi connectivity index (χ2n) is 8.32. The molecule has 4 rings (SSSR count). The Morgan fingerprint density at radius 2 is 1.60 bits per heavy atom. The number of sulfonamides is 1. The molecule has 2 aromatic carbocycles. The molecule has 0 N–H and O–H groups in total. The molecule has 0 unspecified atom stereocenters. The molecule has 0 radical (unpaired) electrons. The average molecular weight is 431 g/mol. The van der Waals surface area contributed by atoms with Crippen LogP contribution in [-0.2, 0) is 21.4 Å². The molecule has 0 aromatic heterocycles. The lowest BCUT2D eigenvalue weighted by Crippen LogP contribution is -2.44. The maximum Gasteiger partial charge on any atom is 0.243 e. The van der Waals surface area contributed by atoms with Crippen LogP contribution >= 0.6 is 0 Å². The molecule has 0 bridgehead atoms. The molecule has 1 aliphatic heterocycles. The third-order valence-electron chi connectivity index (χ3n) is 6.00. The number of halogens is 1. The molecule has 160 valence electrons. The minimum absolute atomic E-state index is 0.0904. The summed E-state index contributed by atoms with van der Waals surface area (Å²) in [7, 11) is -3.66. The summed E-state index contributed by atoms with van der Waals surface area (Å²) in [4.78, 5) is 15.3. The maximum atomic E-state index is 13.2. The zero-order chi connectivity index (χ0) is 21.3. The van der Waals surface area contributed by atoms with Crippen LogP contribution < -0.4 is 0 Å². The molecule has 0 spiro atoms. The zero-order valence-corrected chi connectivity index (χ0v) is 17.9. The number of nitrogens with zero attached hydrogens (tertiary/aromatic N) is 2. The van der Waals surface area contributed by atoms with Crippen molar-refractivity contribution in [2.24, 2.45) is 5.92 Å². The van der Waals surface area contributed by atoms with E-state index in [0.29, 0.717) is 38.5 Å². The van der Waals surface area contributed by atoms with Gasteiger partial charge in [0.2, 0.25) is 15.9 Å². The summed E-state index contributed by atoms with van der Waals surface area (Å²) < 4.78 is 40.1. The standard InChI is InChI=1S/C23H27FN2O3S/c1-17-2-4-18(5-3-17)16-26(21-8-9-21)23(27)19-12-14-25(15-13-19)30(28,29)22-10-6-20(24)7-11-22/h2-7,10-11,19,21H,8-9,12-16H2,1H3. The van der Waals surface area contributed by atoms with Crippen LogP contribution in [0.1, 0.15) is 36.8 Å². The van der Waals surface area contributed by atoms with Gasteiger partial charge in [-0.2, -0.15) is 4.31 Å². The van der Waals surface area contributed by atoms with Crippen molar-refractivity contribution in [1.82, 2.24) is 9.21 Å². The molecule has 2 fully saturated rings. The smallest absolute Gasteiger partial charge is 0.243 e. The molecule has 1 saturated carbocycles. The van der Waals surface area contributed by atoms with Crippen LogP contribution in [0.25, 0.3) is 0 Å². The van der Waals surface area contributed by atoms with E-state index in [2.05, 4.69) is 24.3 Å². The van der Waals surface area contributed by atoms with Crippen molar-refractivity contribution in [2.45, 2.75) is 50.1 Å². The number of aryl methyl sites for hydroxylation is 1. The van der Waals surface area contributed by atoms with Crippen LogP contribution in [0.15, 0.2) is 53.4 Å². The summed E-state index contributed by atoms with van der Waals surface area (Å²) in [5, 5.41) is 0. The maximum absolute atomic E-state index is 13.2. The van der Waals surface area contributed by atoms with E-state index in [9.17, 15) is 17.6 Å². The quantitative estimate of drug-likeness (QED) is 0.702. The normalized spacial score (nSPS) is 18.3. The summed E-state index contributed by atoms with van der Waals surface area (Å²) in [5.74, 6) is -0.486. The van der Waals surface area contributed by atoms with Gasteiger partial charge in [-0.05, 0) is 62.4 Å². The Labute approximate surface area is 177 Å². The second kappa shape index (κ2) is 8.47. The number of benzene rings is 2. The Morgan fingerprint density at radius 1 is 1.00 bits per heavy atom. The molecule has 2 aliphatic rings. The summed E-state index contributed by atoms with van der Waals surface area (Å²) in [6, 6.07) is 13.4. The van der Waals surface area contributed by atoms with E-state index < -0.39 is 15.8 Å². The van der Waals surface area contributed by atoms with Crippen molar-refractivity contribution in [3.05, 3.63) is 65.5 Å². The molecular weight excluding hydrogens is 403 g/mol. The molecule has 5 nitrogen and oxygen atoms in total. The van der Waals surface area contributed by atoms with Gasteiger partial charge in [0.1, 0.15) is 5.82 Å². The van der Waals surface area contributed by atoms with Crippen LogP contribution in [-0.4, -0.2) is 42.7 Å². The second-order valence-corrected chi connectivity index (χ2v) is 10.3. The predicted octanol–water partition coefficient (Wildman–Crippen LogP) is 3.73. The van der Waals surface area contributed by atoms with Crippen molar-refractivity contribution >= 4 is 15.9 Å². The average Bonchev–Trinajstić information content (AvgIpc) is 3.58. The largest absolute Gasteiger partial charge is 0.335 e. The van der Waals surface area contributed by atoms with Gasteiger partial charge < -0.3 is 4.90 Å². The number of hydrogen-bond donors (Lipinski definition) is 0. The van der Waals surface area contributed by atoms with Crippen LogP contribution in [0.3, 0.4) is 0 Å². The van der Waals surface area contributed by atoms with Gasteiger partial charge in [0.15, 0.2) is 0 Å². The summed E-state index contributed by atoms with van der Waals surface area (Å²) in [6.45, 7) is 3.26. The van der Waals surface area contributed by atoms with Crippen molar-refractivity contribution in [1.29, 1.82) is 0 Å². The van der Waals surface area contributed by atoms with Crippen molar-refractivity contribution in [2.75, 3.05) is 13.1 Å². The first-order chi connectivity index (χ1) is 14.3. The Balaban J connectivity index is 1.40. The fourth-order valence-electron chi connectivity index (χ4n) is 4.00. The SMILES string of the molecule is Cc1ccc(CN(C(=O)C2CCN(S(=O)(=O)c3ccc(F)cc3)CC2)C2CC2)cc1. The Kier molecular flexibility index (Phi) is 5.93. The van der Waals surface area contributed by atoms with Gasteiger partial charge in [0.25, 0.3) is 0 Å². The van der Waals surface area contributed by atoms with E-state index in [1.807, 2.05) is 11.8 Å². The van der Waals surface area contributed by atoms with Gasteiger partial charge in [-0.1, -0.05) is 29.8 Å². The van der Waals surface area contributed by atoms with Crippen LogP contribution in [0.2, 0.25) is 0 Å². The molecule has 1 aliphatic carbocycles. The Bertz CT molecular complexity index is 994. The van der Waals surface area contributed by atoms with E-state index in [1.54, 1.807) is 0 Å². The summed E-state index contributed by atoms with van der Waals surface area (Å²) in [6.07, 6.45) is 3.09. The van der Waals surface area contributed by atoms with Gasteiger partial charge >= 0.3 is 0 Å². The minimum atomic E-state index is -3.66. The lowest BCUT2D eigenvalue weighted by molar-refractivity contribution is -0.138. The fraction of sp³-hybridized carbons (Fsp3) is 0.435. The summed E-state index contributed by atoms with van der Waals surface area (Å²) >= 11 is 0. The fourth-order valence-corrected chi connectivity index (χ4v) is 5.47. The number of piperidine rings is 1. The first kappa shape index (κ1) is 21.0. The number of hydrogen-bond acceptors (Lipinski definition) is 3.